The summed E-state index contributed by atoms with van der Waals surface area (Å²) in [4.78, 5) is 0. The molecule has 2 rings (SSSR count). The van der Waals surface area contributed by atoms with E-state index in [-0.39, 0.29) is 48.5 Å². The highest BCUT2D eigenvalue weighted by molar-refractivity contribution is 5.19. The molecule has 0 aliphatic carbocycles. The Labute approximate surface area is 199 Å². The molecular formula is C25H44O8. The molecule has 2 aliphatic heterocycles. The summed E-state index contributed by atoms with van der Waals surface area (Å²) < 4.78 is 39.9. The molecule has 0 bridgehead atoms. The molecule has 192 valence electrons. The number of hydrogen-bond acceptors (Lipinski definition) is 8. The fourth-order valence-corrected chi connectivity index (χ4v) is 4.83. The number of ether oxygens (including phenoxy) is 7. The molecular weight excluding hydrogens is 428 g/mol. The monoisotopic (exact) mass is 472 g/mol. The van der Waals surface area contributed by atoms with Crippen molar-refractivity contribution in [3.8, 4) is 0 Å². The molecule has 8 heteroatoms. The van der Waals surface area contributed by atoms with E-state index in [1.165, 1.54) is 0 Å². The smallest absolute Gasteiger partial charge is 0.186 e. The maximum absolute atomic E-state index is 10.8. The molecule has 33 heavy (non-hydrogen) atoms. The highest BCUT2D eigenvalue weighted by Crippen LogP contribution is 2.37. The minimum atomic E-state index is -0.576. The van der Waals surface area contributed by atoms with Crippen LogP contribution in [0.25, 0.3) is 0 Å². The predicted octanol–water partition coefficient (Wildman–Crippen LogP) is 2.73. The summed E-state index contributed by atoms with van der Waals surface area (Å²) in [5.74, 6) is 0.173. The van der Waals surface area contributed by atoms with Crippen molar-refractivity contribution in [1.82, 2.24) is 0 Å². The number of rotatable bonds is 13. The minimum absolute atomic E-state index is 0.0295. The van der Waals surface area contributed by atoms with Gasteiger partial charge in [0.2, 0.25) is 0 Å². The quantitative estimate of drug-likeness (QED) is 0.323. The fourth-order valence-electron chi connectivity index (χ4n) is 4.83. The van der Waals surface area contributed by atoms with Gasteiger partial charge in [0.25, 0.3) is 0 Å². The molecule has 1 N–H and O–H groups in total. The van der Waals surface area contributed by atoms with Gasteiger partial charge in [-0.15, -0.1) is 0 Å². The second kappa shape index (κ2) is 13.3. The molecule has 0 radical (unpaired) electrons. The van der Waals surface area contributed by atoms with Crippen molar-refractivity contribution in [2.24, 2.45) is 11.8 Å². The van der Waals surface area contributed by atoms with Gasteiger partial charge in [-0.25, -0.2) is 0 Å². The second-order valence-corrected chi connectivity index (χ2v) is 9.01. The van der Waals surface area contributed by atoms with E-state index >= 15 is 0 Å². The van der Waals surface area contributed by atoms with E-state index in [1.54, 1.807) is 35.5 Å². The van der Waals surface area contributed by atoms with E-state index in [9.17, 15) is 5.11 Å². The summed E-state index contributed by atoms with van der Waals surface area (Å²) in [5, 5.41) is 10.8. The van der Waals surface area contributed by atoms with Crippen molar-refractivity contribution in [2.75, 3.05) is 35.5 Å². The van der Waals surface area contributed by atoms with E-state index in [0.29, 0.717) is 0 Å². The van der Waals surface area contributed by atoms with E-state index in [0.717, 1.165) is 12.0 Å². The third-order valence-corrected chi connectivity index (χ3v) is 7.01. The SMILES string of the molecule is CC[C@H](OC)[C@@H](C)[C@H]1O[C@@H]1[C@@H](O)[C@H](C)/C=C/C=C(\C)[C@H]1O[C@H](OC)[C@H](OC)[C@@H](OC)[C@@H]1OC. The first-order valence-electron chi connectivity index (χ1n) is 11.8. The van der Waals surface area contributed by atoms with Gasteiger partial charge < -0.3 is 38.3 Å². The third-order valence-electron chi connectivity index (χ3n) is 7.01. The second-order valence-electron chi connectivity index (χ2n) is 9.01. The largest absolute Gasteiger partial charge is 0.390 e. The molecule has 2 heterocycles. The van der Waals surface area contributed by atoms with Gasteiger partial charge in [0, 0.05) is 47.4 Å². The Morgan fingerprint density at radius 2 is 1.55 bits per heavy atom. The van der Waals surface area contributed by atoms with E-state index in [2.05, 4.69) is 13.8 Å². The molecule has 2 aliphatic rings. The first-order valence-corrected chi connectivity index (χ1v) is 11.8. The van der Waals surface area contributed by atoms with Gasteiger partial charge in [0.15, 0.2) is 6.29 Å². The summed E-state index contributed by atoms with van der Waals surface area (Å²) in [5.41, 5.74) is 0.957. The first-order chi connectivity index (χ1) is 15.8. The van der Waals surface area contributed by atoms with Crippen molar-refractivity contribution < 1.29 is 38.3 Å². The zero-order valence-electron chi connectivity index (χ0n) is 21.6. The molecule has 0 aromatic carbocycles. The number of allylic oxidation sites excluding steroid dienone is 2. The van der Waals surface area contributed by atoms with Crippen LogP contribution in [0.2, 0.25) is 0 Å². The molecule has 2 saturated heterocycles. The van der Waals surface area contributed by atoms with Gasteiger partial charge in [-0.1, -0.05) is 39.0 Å². The zero-order valence-corrected chi connectivity index (χ0v) is 21.6. The molecule has 0 saturated carbocycles. The summed E-state index contributed by atoms with van der Waals surface area (Å²) in [6.45, 7) is 8.18. The fraction of sp³-hybridized carbons (Fsp3) is 0.840. The average Bonchev–Trinajstić information content (AvgIpc) is 3.63. The van der Waals surface area contributed by atoms with E-state index < -0.39 is 18.5 Å². The lowest BCUT2D eigenvalue weighted by molar-refractivity contribution is -0.295. The molecule has 0 amide bonds. The lowest BCUT2D eigenvalue weighted by Crippen LogP contribution is -2.60. The van der Waals surface area contributed by atoms with Crippen LogP contribution in [0.3, 0.4) is 0 Å². The standard InChI is InChI=1S/C25H44O8/c1-10-17(27-5)16(4)20-21(32-20)18(26)14(2)12-11-13-15(3)19-22(28-6)23(29-7)24(30-8)25(31-9)33-19/h11-14,16-26H,10H2,1-9H3/b12-11+,15-13+/t14-,16-,17+,18+,19-,20-,21-,22-,23+,24-,25+/m1/s1. The van der Waals surface area contributed by atoms with Gasteiger partial charge in [-0.3, -0.25) is 0 Å². The van der Waals surface area contributed by atoms with Crippen LogP contribution in [0.1, 0.15) is 34.1 Å². The van der Waals surface area contributed by atoms with Crippen LogP contribution in [-0.4, -0.2) is 95.8 Å². The lowest BCUT2D eigenvalue weighted by Gasteiger charge is -2.44. The van der Waals surface area contributed by atoms with Crippen LogP contribution >= 0.6 is 0 Å². The third kappa shape index (κ3) is 6.64. The maximum Gasteiger partial charge on any atom is 0.186 e. The van der Waals surface area contributed by atoms with Crippen molar-refractivity contribution in [3.05, 3.63) is 23.8 Å². The first kappa shape index (κ1) is 28.4. The van der Waals surface area contributed by atoms with Gasteiger partial charge >= 0.3 is 0 Å². The van der Waals surface area contributed by atoms with Crippen molar-refractivity contribution in [1.29, 1.82) is 0 Å². The average molecular weight is 473 g/mol. The molecule has 0 spiro atoms. The van der Waals surface area contributed by atoms with E-state index in [1.807, 2.05) is 32.1 Å². The summed E-state index contributed by atoms with van der Waals surface area (Å²) in [6, 6.07) is 0. The molecule has 0 aromatic rings. The van der Waals surface area contributed by atoms with Crippen molar-refractivity contribution >= 4 is 0 Å². The molecule has 2 fully saturated rings. The maximum atomic E-state index is 10.8. The number of methoxy groups -OCH3 is 5. The molecule has 0 aromatic heterocycles. The predicted molar refractivity (Wildman–Crippen MR) is 125 cm³/mol. The highest BCUT2D eigenvalue weighted by Gasteiger charge is 2.50. The van der Waals surface area contributed by atoms with Crippen LogP contribution in [-0.2, 0) is 33.2 Å². The topological polar surface area (TPSA) is 88.1 Å². The van der Waals surface area contributed by atoms with Gasteiger partial charge in [-0.2, -0.15) is 0 Å². The Balaban J connectivity index is 2.02. The summed E-state index contributed by atoms with van der Waals surface area (Å²) in [7, 11) is 8.17. The minimum Gasteiger partial charge on any atom is -0.390 e. The Hall–Kier alpha value is -0.840. The highest BCUT2D eigenvalue weighted by atomic mass is 16.7. The Bertz CT molecular complexity index is 634. The van der Waals surface area contributed by atoms with Crippen molar-refractivity contribution in [3.63, 3.8) is 0 Å². The number of epoxide rings is 1. The summed E-state index contributed by atoms with van der Waals surface area (Å²) in [6.07, 6.45) is 4.20. The van der Waals surface area contributed by atoms with Crippen LogP contribution in [0.15, 0.2) is 23.8 Å². The molecule has 8 nitrogen and oxygen atoms in total. The van der Waals surface area contributed by atoms with Crippen molar-refractivity contribution in [2.45, 2.75) is 89.2 Å². The van der Waals surface area contributed by atoms with Gasteiger partial charge in [0.1, 0.15) is 30.5 Å². The number of aliphatic hydroxyl groups is 1. The zero-order chi connectivity index (χ0) is 24.7. The van der Waals surface area contributed by atoms with Crippen LogP contribution in [0, 0.1) is 11.8 Å². The Morgan fingerprint density at radius 1 is 0.909 bits per heavy atom. The van der Waals surface area contributed by atoms with Crippen LogP contribution in [0.4, 0.5) is 0 Å². The van der Waals surface area contributed by atoms with Crippen LogP contribution in [0.5, 0.6) is 0 Å². The normalized spacial score (nSPS) is 36.5. The number of aliphatic hydroxyl groups excluding tert-OH is 1. The van der Waals surface area contributed by atoms with Crippen LogP contribution < -0.4 is 0 Å². The van der Waals surface area contributed by atoms with Gasteiger partial charge in [-0.05, 0) is 18.9 Å². The number of hydrogen-bond donors (Lipinski definition) is 1. The van der Waals surface area contributed by atoms with Gasteiger partial charge in [0.05, 0.1) is 18.3 Å². The Kier molecular flexibility index (Phi) is 11.4. The summed E-state index contributed by atoms with van der Waals surface area (Å²) >= 11 is 0. The Morgan fingerprint density at radius 3 is 2.06 bits per heavy atom. The molecule has 11 atom stereocenters. The lowest BCUT2D eigenvalue weighted by atomic mass is 9.91. The van der Waals surface area contributed by atoms with E-state index in [4.69, 9.17) is 33.2 Å². The molecule has 0 unspecified atom stereocenters.